The number of imide groups is 1. The highest BCUT2D eigenvalue weighted by atomic mass is 19.1. The van der Waals surface area contributed by atoms with Gasteiger partial charge in [-0.15, -0.1) is 0 Å². The van der Waals surface area contributed by atoms with Crippen molar-refractivity contribution in [3.63, 3.8) is 0 Å². The van der Waals surface area contributed by atoms with Crippen molar-refractivity contribution in [3.8, 4) is 11.4 Å². The number of piperidine rings is 1. The second-order valence-corrected chi connectivity index (χ2v) is 14.5. The van der Waals surface area contributed by atoms with Gasteiger partial charge in [-0.3, -0.25) is 29.1 Å². The van der Waals surface area contributed by atoms with Crippen molar-refractivity contribution in [1.29, 1.82) is 0 Å². The van der Waals surface area contributed by atoms with Crippen LogP contribution < -0.4 is 15.1 Å². The van der Waals surface area contributed by atoms with Crippen LogP contribution in [0.5, 0.6) is 0 Å². The number of fused-ring (bicyclic) bond motifs is 1. The highest BCUT2D eigenvalue weighted by Gasteiger charge is 2.42. The first kappa shape index (κ1) is 34.0. The van der Waals surface area contributed by atoms with Gasteiger partial charge in [0.25, 0.3) is 0 Å². The molecule has 0 spiro atoms. The molecule has 0 bridgehead atoms. The summed E-state index contributed by atoms with van der Waals surface area (Å²) in [6.45, 7) is 5.30. The maximum atomic E-state index is 14.1. The van der Waals surface area contributed by atoms with Gasteiger partial charge in [0.2, 0.25) is 11.8 Å². The maximum Gasteiger partial charge on any atom is 0.411 e. The third-order valence-electron chi connectivity index (χ3n) is 11.2. The van der Waals surface area contributed by atoms with E-state index in [1.165, 1.54) is 11.0 Å². The van der Waals surface area contributed by atoms with Crippen molar-refractivity contribution in [2.24, 2.45) is 0 Å². The molecule has 12 nitrogen and oxygen atoms in total. The molecule has 0 saturated carbocycles. The molecular formula is C41H41FN8O4. The first-order valence-electron chi connectivity index (χ1n) is 18.7. The molecule has 5 aromatic rings. The van der Waals surface area contributed by atoms with Gasteiger partial charge in [0, 0.05) is 51.9 Å². The second-order valence-electron chi connectivity index (χ2n) is 14.5. The van der Waals surface area contributed by atoms with Crippen LogP contribution in [0.2, 0.25) is 0 Å². The first-order valence-corrected chi connectivity index (χ1v) is 18.7. The van der Waals surface area contributed by atoms with E-state index < -0.39 is 24.1 Å². The van der Waals surface area contributed by atoms with Crippen LogP contribution in [0.15, 0.2) is 91.3 Å². The van der Waals surface area contributed by atoms with Crippen LogP contribution in [-0.2, 0) is 20.9 Å². The van der Waals surface area contributed by atoms with E-state index >= 15 is 0 Å². The lowest BCUT2D eigenvalue weighted by molar-refractivity contribution is -0.136. The van der Waals surface area contributed by atoms with Crippen molar-refractivity contribution in [2.45, 2.75) is 50.4 Å². The number of nitrogens with one attached hydrogen (secondary N) is 1. The summed E-state index contributed by atoms with van der Waals surface area (Å²) in [7, 11) is 0. The summed E-state index contributed by atoms with van der Waals surface area (Å²) in [5.74, 6) is -0.0394. The monoisotopic (exact) mass is 728 g/mol. The molecule has 0 radical (unpaired) electrons. The van der Waals surface area contributed by atoms with Crippen molar-refractivity contribution in [3.05, 3.63) is 114 Å². The molecule has 3 aromatic heterocycles. The van der Waals surface area contributed by atoms with E-state index in [1.54, 1.807) is 12.1 Å². The van der Waals surface area contributed by atoms with Crippen LogP contribution in [0.1, 0.15) is 54.5 Å². The van der Waals surface area contributed by atoms with Gasteiger partial charge in [-0.25, -0.2) is 19.2 Å². The number of amides is 3. The number of halogens is 1. The lowest BCUT2D eigenvalue weighted by Gasteiger charge is -2.35. The predicted octanol–water partition coefficient (Wildman–Crippen LogP) is 5.50. The van der Waals surface area contributed by atoms with E-state index in [0.717, 1.165) is 97.3 Å². The maximum absolute atomic E-state index is 14.1. The number of hydrogen-bond acceptors (Lipinski definition) is 9. The van der Waals surface area contributed by atoms with Gasteiger partial charge in [-0.2, -0.15) is 0 Å². The van der Waals surface area contributed by atoms with Crippen LogP contribution in [-0.4, -0.2) is 87.4 Å². The minimum absolute atomic E-state index is 0.124. The number of imidazole rings is 1. The number of hydrogen-bond donors (Lipinski definition) is 1. The highest BCUT2D eigenvalue weighted by molar-refractivity contribution is 6.01. The van der Waals surface area contributed by atoms with Crippen LogP contribution in [0.3, 0.4) is 0 Å². The Morgan fingerprint density at radius 1 is 0.833 bits per heavy atom. The Hall–Kier alpha value is -5.82. The molecule has 276 valence electrons. The molecule has 7 heterocycles. The Bertz CT molecular complexity index is 2240. The van der Waals surface area contributed by atoms with Gasteiger partial charge < -0.3 is 14.5 Å². The Labute approximate surface area is 312 Å². The summed E-state index contributed by atoms with van der Waals surface area (Å²) >= 11 is 0. The minimum Gasteiger partial charge on any atom is -0.439 e. The lowest BCUT2D eigenvalue weighted by atomic mass is 10.0. The summed E-state index contributed by atoms with van der Waals surface area (Å²) in [6.07, 6.45) is 5.54. The zero-order chi connectivity index (χ0) is 36.8. The van der Waals surface area contributed by atoms with Crippen molar-refractivity contribution in [2.75, 3.05) is 49.1 Å². The summed E-state index contributed by atoms with van der Waals surface area (Å²) < 4.78 is 21.9. The zero-order valence-electron chi connectivity index (χ0n) is 29.8. The lowest BCUT2D eigenvalue weighted by Crippen LogP contribution is -2.52. The van der Waals surface area contributed by atoms with Gasteiger partial charge in [0.05, 0.1) is 35.9 Å². The first-order chi connectivity index (χ1) is 26.4. The Kier molecular flexibility index (Phi) is 8.93. The van der Waals surface area contributed by atoms with Crippen molar-refractivity contribution in [1.82, 2.24) is 29.5 Å². The quantitative estimate of drug-likeness (QED) is 0.207. The number of rotatable bonds is 8. The molecule has 4 fully saturated rings. The van der Waals surface area contributed by atoms with Gasteiger partial charge in [0.15, 0.2) is 0 Å². The molecule has 3 atom stereocenters. The van der Waals surface area contributed by atoms with Crippen LogP contribution >= 0.6 is 0 Å². The molecule has 0 aliphatic carbocycles. The number of pyridine rings is 2. The highest BCUT2D eigenvalue weighted by Crippen LogP contribution is 2.37. The Morgan fingerprint density at radius 3 is 2.52 bits per heavy atom. The standard InChI is InChI=1S/C41H41FN8O4/c42-30-8-2-6-28(22-30)33-10-4-16-48(33)31-12-14-37-43-23-35(49(37)25-31)32-9-3-11-38(44-32)47-19-17-46(18-20-47)24-27-5-1-7-29(21-27)36-26-50(41(53)54-36)34-13-15-39(51)45-40(34)52/h1-3,5-9,11-12,14,21-23,25,33-34,36H,4,10,13,15-20,24,26H2,(H,45,51,52)/t33-,34?,36-/m1/s1. The summed E-state index contributed by atoms with van der Waals surface area (Å²) in [6, 6.07) is 24.8. The van der Waals surface area contributed by atoms with E-state index in [4.69, 9.17) is 9.72 Å². The number of piperazine rings is 1. The van der Waals surface area contributed by atoms with Gasteiger partial charge in [-0.1, -0.05) is 42.5 Å². The molecule has 1 N–H and O–H groups in total. The number of carbonyl (C=O) groups excluding carboxylic acids is 3. The topological polar surface area (TPSA) is 116 Å². The molecule has 4 saturated heterocycles. The molecule has 1 unspecified atom stereocenters. The summed E-state index contributed by atoms with van der Waals surface area (Å²) in [5, 5.41) is 2.33. The van der Waals surface area contributed by atoms with Crippen LogP contribution in [0.4, 0.5) is 20.7 Å². The van der Waals surface area contributed by atoms with Crippen LogP contribution in [0, 0.1) is 5.82 Å². The Morgan fingerprint density at radius 2 is 1.67 bits per heavy atom. The number of anilines is 2. The van der Waals surface area contributed by atoms with E-state index in [-0.39, 0.29) is 30.7 Å². The molecule has 13 heteroatoms. The van der Waals surface area contributed by atoms with E-state index in [1.807, 2.05) is 36.5 Å². The molecule has 2 aromatic carbocycles. The van der Waals surface area contributed by atoms with E-state index in [9.17, 15) is 18.8 Å². The summed E-state index contributed by atoms with van der Waals surface area (Å²) in [5.41, 5.74) is 6.70. The zero-order valence-corrected chi connectivity index (χ0v) is 29.8. The fraction of sp³-hybridized carbons (Fsp3) is 0.341. The number of aromatic nitrogens is 3. The van der Waals surface area contributed by atoms with Gasteiger partial charge in [-0.05, 0) is 72.4 Å². The number of nitrogens with zero attached hydrogens (tertiary/aromatic N) is 7. The summed E-state index contributed by atoms with van der Waals surface area (Å²) in [4.78, 5) is 55.0. The predicted molar refractivity (Wildman–Crippen MR) is 200 cm³/mol. The van der Waals surface area contributed by atoms with Crippen molar-refractivity contribution >= 4 is 35.1 Å². The SMILES string of the molecule is O=C1CCC(N2C[C@H](c3cccc(CN4CCN(c5cccc(-c6cnc7ccc(N8CCC[C@@H]8c8cccc(F)c8)cn67)n5)CC4)c3)OC2=O)C(=O)N1. The number of benzene rings is 2. The number of ether oxygens (including phenoxy) is 1. The average molecular weight is 729 g/mol. The largest absolute Gasteiger partial charge is 0.439 e. The molecule has 4 aliphatic heterocycles. The number of carbonyl (C=O) groups is 3. The number of cyclic esters (lactones) is 1. The fourth-order valence-electron chi connectivity index (χ4n) is 8.38. The van der Waals surface area contributed by atoms with E-state index in [0.29, 0.717) is 6.42 Å². The van der Waals surface area contributed by atoms with Gasteiger partial charge in [0.1, 0.15) is 29.4 Å². The van der Waals surface area contributed by atoms with Crippen LogP contribution in [0.25, 0.3) is 17.0 Å². The smallest absolute Gasteiger partial charge is 0.411 e. The third-order valence-corrected chi connectivity index (χ3v) is 11.2. The van der Waals surface area contributed by atoms with Crippen molar-refractivity contribution < 1.29 is 23.5 Å². The average Bonchev–Trinajstić information content (AvgIpc) is 3.94. The third kappa shape index (κ3) is 6.64. The second kappa shape index (κ2) is 14.2. The molecule has 4 aliphatic rings. The molecule has 9 rings (SSSR count). The Balaban J connectivity index is 0.847. The normalized spacial score (nSPS) is 22.3. The minimum atomic E-state index is -0.690. The molecule has 3 amide bonds. The van der Waals surface area contributed by atoms with E-state index in [2.05, 4.69) is 65.9 Å². The fourth-order valence-corrected chi connectivity index (χ4v) is 8.38. The van der Waals surface area contributed by atoms with Gasteiger partial charge >= 0.3 is 6.09 Å². The molecular weight excluding hydrogens is 688 g/mol. The molecule has 54 heavy (non-hydrogen) atoms.